The molecule has 7 heteroatoms. The van der Waals surface area contributed by atoms with Crippen LogP contribution in [-0.4, -0.2) is 39.9 Å². The molecular weight excluding hydrogens is 444 g/mol. The number of carbonyl (C=O) groups is 2. The number of likely N-dealkylation sites (tertiary alicyclic amines) is 1. The Morgan fingerprint density at radius 2 is 1.80 bits per heavy atom. The molecule has 1 N–H and O–H groups in total. The highest BCUT2D eigenvalue weighted by molar-refractivity contribution is 6.46. The first-order valence-electron chi connectivity index (χ1n) is 11.7. The Morgan fingerprint density at radius 3 is 2.49 bits per heavy atom. The Morgan fingerprint density at radius 1 is 1.00 bits per heavy atom. The number of benzene rings is 2. The zero-order chi connectivity index (χ0) is 24.8. The molecule has 1 saturated heterocycles. The van der Waals surface area contributed by atoms with E-state index in [1.165, 1.54) is 4.90 Å². The van der Waals surface area contributed by atoms with Crippen LogP contribution >= 0.6 is 0 Å². The summed E-state index contributed by atoms with van der Waals surface area (Å²) in [7, 11) is 0. The van der Waals surface area contributed by atoms with Gasteiger partial charge in [-0.05, 0) is 54.8 Å². The molecule has 1 aromatic heterocycles. The molecule has 2 aromatic carbocycles. The second-order valence-corrected chi connectivity index (χ2v) is 8.17. The second-order valence-electron chi connectivity index (χ2n) is 8.17. The van der Waals surface area contributed by atoms with E-state index in [1.54, 1.807) is 42.7 Å². The second kappa shape index (κ2) is 10.9. The lowest BCUT2D eigenvalue weighted by atomic mass is 9.95. The molecule has 0 bridgehead atoms. The van der Waals surface area contributed by atoms with E-state index >= 15 is 0 Å². The van der Waals surface area contributed by atoms with E-state index in [9.17, 15) is 14.7 Å². The molecule has 1 unspecified atom stereocenters. The molecule has 1 aliphatic rings. The number of carbonyl (C=O) groups excluding carboxylic acids is 2. The predicted molar refractivity (Wildman–Crippen MR) is 132 cm³/mol. The molecule has 0 saturated carbocycles. The van der Waals surface area contributed by atoms with Crippen molar-refractivity contribution >= 4 is 17.4 Å². The van der Waals surface area contributed by atoms with Crippen molar-refractivity contribution in [2.75, 3.05) is 13.2 Å². The summed E-state index contributed by atoms with van der Waals surface area (Å²) in [5.74, 6) is -0.383. The van der Waals surface area contributed by atoms with Crippen LogP contribution in [-0.2, 0) is 16.1 Å². The van der Waals surface area contributed by atoms with Gasteiger partial charge in [-0.2, -0.15) is 0 Å². The summed E-state index contributed by atoms with van der Waals surface area (Å²) < 4.78 is 11.2. The molecular formula is C28H28N2O5. The van der Waals surface area contributed by atoms with Crippen LogP contribution in [0, 0.1) is 0 Å². The monoisotopic (exact) mass is 472 g/mol. The first-order valence-corrected chi connectivity index (χ1v) is 11.7. The lowest BCUT2D eigenvalue weighted by molar-refractivity contribution is -0.140. The average molecular weight is 473 g/mol. The van der Waals surface area contributed by atoms with Crippen LogP contribution in [0.25, 0.3) is 5.76 Å². The summed E-state index contributed by atoms with van der Waals surface area (Å²) >= 11 is 0. The Hall–Kier alpha value is -4.13. The average Bonchev–Trinajstić information content (AvgIpc) is 3.13. The standard InChI is InChI=1S/C28H28N2O5/c1-3-15-35-22-12-10-20(11-13-22)25-24(26(31)21-8-5-9-23(16-21)34-4-2)27(32)28(33)30(25)18-19-7-6-14-29-17-19/h5-14,16-17,25,31H,3-4,15,18H2,1-2H3/b26-24+. The SMILES string of the molecule is CCCOc1ccc(C2/C(=C(\O)c3cccc(OCC)c3)C(=O)C(=O)N2Cc2cccnc2)cc1. The van der Waals surface area contributed by atoms with Crippen LogP contribution in [0.2, 0.25) is 0 Å². The first kappa shape index (κ1) is 24.0. The number of ketones is 1. The molecule has 0 aliphatic carbocycles. The number of nitrogens with zero attached hydrogens (tertiary/aromatic N) is 2. The number of Topliss-reactive ketones (excluding diaryl/α,β-unsaturated/α-hetero) is 1. The van der Waals surface area contributed by atoms with Crippen molar-refractivity contribution in [3.8, 4) is 11.5 Å². The largest absolute Gasteiger partial charge is 0.507 e. The first-order chi connectivity index (χ1) is 17.0. The number of rotatable bonds is 9. The fraction of sp³-hybridized carbons (Fsp3) is 0.250. The maximum Gasteiger partial charge on any atom is 0.295 e. The van der Waals surface area contributed by atoms with Crippen molar-refractivity contribution < 1.29 is 24.2 Å². The Balaban J connectivity index is 1.80. The minimum atomic E-state index is -0.772. The van der Waals surface area contributed by atoms with Crippen LogP contribution in [0.1, 0.15) is 43.0 Å². The van der Waals surface area contributed by atoms with Crippen LogP contribution in [0.4, 0.5) is 0 Å². The fourth-order valence-electron chi connectivity index (χ4n) is 4.10. The van der Waals surface area contributed by atoms with E-state index in [0.29, 0.717) is 35.8 Å². The molecule has 3 aromatic rings. The van der Waals surface area contributed by atoms with Gasteiger partial charge in [0.15, 0.2) is 0 Å². The summed E-state index contributed by atoms with van der Waals surface area (Å²) in [5, 5.41) is 11.3. The van der Waals surface area contributed by atoms with Crippen LogP contribution in [0.3, 0.4) is 0 Å². The van der Waals surface area contributed by atoms with Crippen LogP contribution < -0.4 is 9.47 Å². The van der Waals surface area contributed by atoms with E-state index < -0.39 is 17.7 Å². The van der Waals surface area contributed by atoms with Crippen molar-refractivity contribution in [2.45, 2.75) is 32.9 Å². The molecule has 0 spiro atoms. The molecule has 4 rings (SSSR count). The van der Waals surface area contributed by atoms with Gasteiger partial charge in [0.05, 0.1) is 24.8 Å². The molecule has 1 fully saturated rings. The fourth-order valence-corrected chi connectivity index (χ4v) is 4.10. The topological polar surface area (TPSA) is 89.0 Å². The van der Waals surface area contributed by atoms with E-state index in [4.69, 9.17) is 9.47 Å². The van der Waals surface area contributed by atoms with Gasteiger partial charge in [-0.15, -0.1) is 0 Å². The Labute approximate surface area is 204 Å². The third-order valence-corrected chi connectivity index (χ3v) is 5.70. The van der Waals surface area contributed by atoms with Crippen molar-refractivity contribution in [1.29, 1.82) is 0 Å². The lowest BCUT2D eigenvalue weighted by Crippen LogP contribution is -2.29. The van der Waals surface area contributed by atoms with Crippen molar-refractivity contribution in [3.63, 3.8) is 0 Å². The Bertz CT molecular complexity index is 1220. The van der Waals surface area contributed by atoms with Crippen molar-refractivity contribution in [3.05, 3.63) is 95.3 Å². The molecule has 1 atom stereocenters. The van der Waals surface area contributed by atoms with Gasteiger partial charge < -0.3 is 19.5 Å². The van der Waals surface area contributed by atoms with Gasteiger partial charge in [-0.25, -0.2) is 0 Å². The highest BCUT2D eigenvalue weighted by atomic mass is 16.5. The molecule has 0 radical (unpaired) electrons. The van der Waals surface area contributed by atoms with Crippen molar-refractivity contribution in [1.82, 2.24) is 9.88 Å². The molecule has 180 valence electrons. The number of aromatic nitrogens is 1. The molecule has 1 aliphatic heterocycles. The zero-order valence-electron chi connectivity index (χ0n) is 19.8. The maximum absolute atomic E-state index is 13.2. The third-order valence-electron chi connectivity index (χ3n) is 5.70. The lowest BCUT2D eigenvalue weighted by Gasteiger charge is -2.25. The predicted octanol–water partition coefficient (Wildman–Crippen LogP) is 4.89. The van der Waals surface area contributed by atoms with Crippen molar-refractivity contribution in [2.24, 2.45) is 0 Å². The third kappa shape index (κ3) is 5.19. The molecule has 35 heavy (non-hydrogen) atoms. The summed E-state index contributed by atoms with van der Waals surface area (Å²) in [6.07, 6.45) is 4.19. The molecule has 1 amide bonds. The summed E-state index contributed by atoms with van der Waals surface area (Å²) in [5.41, 5.74) is 1.91. The summed E-state index contributed by atoms with van der Waals surface area (Å²) in [6, 6.07) is 17.0. The van der Waals surface area contributed by atoms with Gasteiger partial charge in [-0.3, -0.25) is 14.6 Å². The van der Waals surface area contributed by atoms with Gasteiger partial charge in [0.2, 0.25) is 0 Å². The normalized spacial score (nSPS) is 17.0. The van der Waals surface area contributed by atoms with E-state index in [2.05, 4.69) is 4.98 Å². The van der Waals surface area contributed by atoms with Gasteiger partial charge in [0.1, 0.15) is 17.3 Å². The van der Waals surface area contributed by atoms with Crippen LogP contribution in [0.15, 0.2) is 78.6 Å². The number of aliphatic hydroxyl groups is 1. The van der Waals surface area contributed by atoms with E-state index in [1.807, 2.05) is 44.2 Å². The van der Waals surface area contributed by atoms with Gasteiger partial charge in [-0.1, -0.05) is 37.3 Å². The van der Waals surface area contributed by atoms with Gasteiger partial charge in [0, 0.05) is 24.5 Å². The van der Waals surface area contributed by atoms with Gasteiger partial charge in [0.25, 0.3) is 11.7 Å². The Kier molecular flexibility index (Phi) is 7.45. The maximum atomic E-state index is 13.2. The quantitative estimate of drug-likeness (QED) is 0.271. The van der Waals surface area contributed by atoms with Gasteiger partial charge >= 0.3 is 0 Å². The number of aliphatic hydroxyl groups excluding tert-OH is 1. The number of amides is 1. The summed E-state index contributed by atoms with van der Waals surface area (Å²) in [4.78, 5) is 32.0. The zero-order valence-corrected chi connectivity index (χ0v) is 19.8. The number of pyridine rings is 1. The number of hydrogen-bond donors (Lipinski definition) is 1. The highest BCUT2D eigenvalue weighted by Gasteiger charge is 2.46. The van der Waals surface area contributed by atoms with Crippen LogP contribution in [0.5, 0.6) is 11.5 Å². The number of hydrogen-bond acceptors (Lipinski definition) is 6. The summed E-state index contributed by atoms with van der Waals surface area (Å²) in [6.45, 7) is 5.12. The minimum Gasteiger partial charge on any atom is -0.507 e. The number of ether oxygens (including phenoxy) is 2. The molecule has 7 nitrogen and oxygen atoms in total. The smallest absolute Gasteiger partial charge is 0.295 e. The molecule has 2 heterocycles. The minimum absolute atomic E-state index is 0.0368. The van der Waals surface area contributed by atoms with E-state index in [-0.39, 0.29) is 17.9 Å². The van der Waals surface area contributed by atoms with E-state index in [0.717, 1.165) is 12.0 Å². The highest BCUT2D eigenvalue weighted by Crippen LogP contribution is 2.41.